The van der Waals surface area contributed by atoms with E-state index < -0.39 is 0 Å². The molecule has 0 bridgehead atoms. The van der Waals surface area contributed by atoms with Crippen LogP contribution in [0.15, 0.2) is 18.2 Å². The maximum absolute atomic E-state index is 6.28. The highest BCUT2D eigenvalue weighted by molar-refractivity contribution is 7.18. The Morgan fingerprint density at radius 1 is 1.00 bits per heavy atom. The standard InChI is InChI=1S/C19H33OP/c1-5-9-10-11-12-16-13-14-18(17(6-2)15-16)20-19(21,7-3)8-4/h13-15H,5-12,21H2,1-4H3. The van der Waals surface area contributed by atoms with Gasteiger partial charge < -0.3 is 4.74 Å². The minimum atomic E-state index is -0.118. The average molecular weight is 308 g/mol. The summed E-state index contributed by atoms with van der Waals surface area (Å²) in [6, 6.07) is 6.77. The van der Waals surface area contributed by atoms with E-state index in [1.165, 1.54) is 43.2 Å². The number of ether oxygens (including phenoxy) is 1. The van der Waals surface area contributed by atoms with Crippen LogP contribution in [0, 0.1) is 0 Å². The highest BCUT2D eigenvalue weighted by atomic mass is 31.0. The Bertz CT molecular complexity index is 410. The summed E-state index contributed by atoms with van der Waals surface area (Å²) in [4.78, 5) is 0. The van der Waals surface area contributed by atoms with Crippen LogP contribution in [0.2, 0.25) is 0 Å². The predicted octanol–water partition coefficient (Wildman–Crippen LogP) is 6.14. The van der Waals surface area contributed by atoms with Crippen molar-refractivity contribution in [3.63, 3.8) is 0 Å². The van der Waals surface area contributed by atoms with Crippen molar-refractivity contribution in [3.8, 4) is 5.75 Å². The second-order valence-electron chi connectivity index (χ2n) is 5.98. The molecule has 1 rings (SSSR count). The molecule has 1 atom stereocenters. The smallest absolute Gasteiger partial charge is 0.123 e. The van der Waals surface area contributed by atoms with E-state index in [-0.39, 0.29) is 5.34 Å². The first kappa shape index (κ1) is 18.5. The fraction of sp³-hybridized carbons (Fsp3) is 0.684. The minimum Gasteiger partial charge on any atom is -0.483 e. The normalized spacial score (nSPS) is 11.7. The SMILES string of the molecule is CCCCCCc1ccc(OC(P)(CC)CC)c(CC)c1. The van der Waals surface area contributed by atoms with Crippen LogP contribution in [0.3, 0.4) is 0 Å². The lowest BCUT2D eigenvalue weighted by atomic mass is 10.0. The van der Waals surface area contributed by atoms with Gasteiger partial charge in [-0.3, -0.25) is 0 Å². The molecule has 1 unspecified atom stereocenters. The highest BCUT2D eigenvalue weighted by Crippen LogP contribution is 2.33. The van der Waals surface area contributed by atoms with Crippen LogP contribution in [0.25, 0.3) is 0 Å². The molecule has 21 heavy (non-hydrogen) atoms. The van der Waals surface area contributed by atoms with E-state index in [2.05, 4.69) is 55.1 Å². The van der Waals surface area contributed by atoms with Crippen LogP contribution < -0.4 is 4.74 Å². The van der Waals surface area contributed by atoms with Gasteiger partial charge in [0.05, 0.1) is 0 Å². The van der Waals surface area contributed by atoms with Crippen molar-refractivity contribution in [1.82, 2.24) is 0 Å². The van der Waals surface area contributed by atoms with Gasteiger partial charge in [0.25, 0.3) is 0 Å². The first-order valence-corrected chi connectivity index (χ1v) is 9.25. The Kier molecular flexibility index (Phi) is 8.34. The van der Waals surface area contributed by atoms with Gasteiger partial charge in [-0.2, -0.15) is 0 Å². The van der Waals surface area contributed by atoms with Crippen molar-refractivity contribution in [3.05, 3.63) is 29.3 Å². The van der Waals surface area contributed by atoms with Gasteiger partial charge in [-0.05, 0) is 49.3 Å². The van der Waals surface area contributed by atoms with Crippen molar-refractivity contribution in [2.75, 3.05) is 0 Å². The fourth-order valence-electron chi connectivity index (χ4n) is 2.53. The fourth-order valence-corrected chi connectivity index (χ4v) is 2.66. The average Bonchev–Trinajstić information content (AvgIpc) is 2.52. The molecule has 0 aromatic heterocycles. The molecule has 0 radical (unpaired) electrons. The first-order chi connectivity index (χ1) is 10.1. The molecule has 0 saturated heterocycles. The summed E-state index contributed by atoms with van der Waals surface area (Å²) in [6.45, 7) is 8.84. The van der Waals surface area contributed by atoms with Gasteiger partial charge in [-0.1, -0.05) is 68.3 Å². The maximum atomic E-state index is 6.28. The van der Waals surface area contributed by atoms with Crippen molar-refractivity contribution >= 4 is 9.24 Å². The second kappa shape index (κ2) is 9.46. The second-order valence-corrected chi connectivity index (χ2v) is 7.03. The Labute approximate surface area is 134 Å². The largest absolute Gasteiger partial charge is 0.483 e. The quantitative estimate of drug-likeness (QED) is 0.372. The molecule has 0 N–H and O–H groups in total. The Hall–Kier alpha value is -0.550. The van der Waals surface area contributed by atoms with Crippen molar-refractivity contribution in [2.45, 2.75) is 84.4 Å². The third kappa shape index (κ3) is 5.99. The summed E-state index contributed by atoms with van der Waals surface area (Å²) in [5.41, 5.74) is 2.80. The Morgan fingerprint density at radius 2 is 1.71 bits per heavy atom. The lowest BCUT2D eigenvalue weighted by molar-refractivity contribution is 0.154. The number of rotatable bonds is 10. The van der Waals surface area contributed by atoms with E-state index in [0.29, 0.717) is 0 Å². The van der Waals surface area contributed by atoms with Crippen molar-refractivity contribution < 1.29 is 4.74 Å². The number of hydrogen-bond acceptors (Lipinski definition) is 1. The summed E-state index contributed by atoms with van der Waals surface area (Å²) >= 11 is 0. The molecule has 0 amide bonds. The van der Waals surface area contributed by atoms with Crippen molar-refractivity contribution in [1.29, 1.82) is 0 Å². The molecule has 0 aliphatic heterocycles. The minimum absolute atomic E-state index is 0.118. The summed E-state index contributed by atoms with van der Waals surface area (Å²) in [5.74, 6) is 1.06. The molecule has 1 nitrogen and oxygen atoms in total. The zero-order valence-corrected chi connectivity index (χ0v) is 15.5. The van der Waals surface area contributed by atoms with Crippen molar-refractivity contribution in [2.24, 2.45) is 0 Å². The van der Waals surface area contributed by atoms with Gasteiger partial charge >= 0.3 is 0 Å². The number of unbranched alkanes of at least 4 members (excludes halogenated alkanes) is 3. The molecular weight excluding hydrogens is 275 g/mol. The number of hydrogen-bond donors (Lipinski definition) is 0. The molecular formula is C19H33OP. The summed E-state index contributed by atoms with van der Waals surface area (Å²) in [7, 11) is 2.89. The van der Waals surface area contributed by atoms with E-state index in [1.54, 1.807) is 0 Å². The zero-order chi connectivity index (χ0) is 15.7. The molecule has 0 saturated carbocycles. The van der Waals surface area contributed by atoms with Gasteiger partial charge in [0.15, 0.2) is 0 Å². The topological polar surface area (TPSA) is 9.23 Å². The molecule has 0 fully saturated rings. The molecule has 2 heteroatoms. The van der Waals surface area contributed by atoms with Gasteiger partial charge in [0.1, 0.15) is 11.1 Å². The molecule has 1 aromatic carbocycles. The molecule has 0 aliphatic carbocycles. The zero-order valence-electron chi connectivity index (χ0n) is 14.4. The van der Waals surface area contributed by atoms with Crippen LogP contribution in [-0.4, -0.2) is 5.34 Å². The van der Waals surface area contributed by atoms with Crippen LogP contribution in [0.4, 0.5) is 0 Å². The Balaban J connectivity index is 2.74. The molecule has 0 heterocycles. The van der Waals surface area contributed by atoms with Crippen LogP contribution in [-0.2, 0) is 12.8 Å². The van der Waals surface area contributed by atoms with Crippen LogP contribution in [0.5, 0.6) is 5.75 Å². The molecule has 1 aromatic rings. The van der Waals surface area contributed by atoms with Gasteiger partial charge in [-0.15, -0.1) is 0 Å². The van der Waals surface area contributed by atoms with E-state index >= 15 is 0 Å². The third-order valence-corrected chi connectivity index (χ3v) is 5.27. The predicted molar refractivity (Wildman–Crippen MR) is 97.3 cm³/mol. The van der Waals surface area contributed by atoms with Gasteiger partial charge in [0, 0.05) is 0 Å². The highest BCUT2D eigenvalue weighted by Gasteiger charge is 2.22. The Morgan fingerprint density at radius 3 is 2.29 bits per heavy atom. The molecule has 0 spiro atoms. The van der Waals surface area contributed by atoms with E-state index in [9.17, 15) is 0 Å². The number of aryl methyl sites for hydroxylation is 2. The molecule has 0 aliphatic rings. The van der Waals surface area contributed by atoms with Crippen LogP contribution in [0.1, 0.15) is 77.3 Å². The third-order valence-electron chi connectivity index (χ3n) is 4.33. The summed E-state index contributed by atoms with van der Waals surface area (Å²) in [6.07, 6.45) is 9.55. The summed E-state index contributed by atoms with van der Waals surface area (Å²) < 4.78 is 6.28. The lowest BCUT2D eigenvalue weighted by Gasteiger charge is -2.29. The van der Waals surface area contributed by atoms with Gasteiger partial charge in [0.2, 0.25) is 0 Å². The lowest BCUT2D eigenvalue weighted by Crippen LogP contribution is -2.27. The van der Waals surface area contributed by atoms with E-state index in [1.807, 2.05) is 0 Å². The number of benzene rings is 1. The van der Waals surface area contributed by atoms with E-state index in [4.69, 9.17) is 4.74 Å². The monoisotopic (exact) mass is 308 g/mol. The van der Waals surface area contributed by atoms with E-state index in [0.717, 1.165) is 25.0 Å². The van der Waals surface area contributed by atoms with Gasteiger partial charge in [-0.25, -0.2) is 0 Å². The first-order valence-electron chi connectivity index (χ1n) is 8.68. The summed E-state index contributed by atoms with van der Waals surface area (Å²) in [5, 5.41) is -0.118. The maximum Gasteiger partial charge on any atom is 0.123 e. The van der Waals surface area contributed by atoms with Crippen LogP contribution >= 0.6 is 9.24 Å². The molecule has 120 valence electrons.